The van der Waals surface area contributed by atoms with Gasteiger partial charge in [0.2, 0.25) is 5.89 Å². The van der Waals surface area contributed by atoms with Crippen LogP contribution in [0.15, 0.2) is 33.7 Å². The first-order valence-corrected chi connectivity index (χ1v) is 8.15. The van der Waals surface area contributed by atoms with Crippen molar-refractivity contribution in [2.45, 2.75) is 48.3 Å². The summed E-state index contributed by atoms with van der Waals surface area (Å²) >= 11 is 1.57. The Morgan fingerprint density at radius 3 is 2.86 bits per heavy atom. The monoisotopic (exact) mass is 307 g/mol. The lowest BCUT2D eigenvalue weighted by molar-refractivity contribution is 0.297. The third-order valence-corrected chi connectivity index (χ3v) is 4.74. The van der Waals surface area contributed by atoms with Crippen LogP contribution in [-0.4, -0.2) is 16.2 Å². The number of nitrogens with two attached hydrogens (primary N) is 1. The molecular formula is C15H18FN3OS. The van der Waals surface area contributed by atoms with E-state index in [1.165, 1.54) is 12.1 Å². The molecule has 1 saturated carbocycles. The lowest BCUT2D eigenvalue weighted by Crippen LogP contribution is -2.26. The van der Waals surface area contributed by atoms with Crippen LogP contribution in [0, 0.1) is 5.82 Å². The molecule has 0 radical (unpaired) electrons. The van der Waals surface area contributed by atoms with Crippen LogP contribution in [0.1, 0.15) is 43.3 Å². The molecule has 1 aliphatic carbocycles. The van der Waals surface area contributed by atoms with Gasteiger partial charge in [-0.05, 0) is 43.5 Å². The van der Waals surface area contributed by atoms with Crippen LogP contribution in [0.2, 0.25) is 0 Å². The van der Waals surface area contributed by atoms with Crippen molar-refractivity contribution in [3.05, 3.63) is 41.8 Å². The van der Waals surface area contributed by atoms with E-state index in [0.717, 1.165) is 30.6 Å². The average molecular weight is 307 g/mol. The predicted octanol–water partition coefficient (Wildman–Crippen LogP) is 3.49. The molecule has 2 atom stereocenters. The molecule has 4 nitrogen and oxygen atoms in total. The van der Waals surface area contributed by atoms with Crippen LogP contribution in [0.4, 0.5) is 4.39 Å². The first-order valence-electron chi connectivity index (χ1n) is 7.17. The van der Waals surface area contributed by atoms with Gasteiger partial charge >= 0.3 is 0 Å². The van der Waals surface area contributed by atoms with E-state index in [1.807, 2.05) is 0 Å². The second-order valence-electron chi connectivity index (χ2n) is 5.42. The maximum Gasteiger partial charge on any atom is 0.229 e. The molecule has 2 aromatic rings. The van der Waals surface area contributed by atoms with Crippen molar-refractivity contribution in [2.24, 2.45) is 5.73 Å². The van der Waals surface area contributed by atoms with E-state index < -0.39 is 0 Å². The van der Waals surface area contributed by atoms with Gasteiger partial charge in [0.1, 0.15) is 5.82 Å². The molecule has 3 rings (SSSR count). The van der Waals surface area contributed by atoms with E-state index in [9.17, 15) is 4.39 Å². The number of aromatic nitrogens is 2. The van der Waals surface area contributed by atoms with Crippen LogP contribution in [-0.2, 0) is 5.75 Å². The van der Waals surface area contributed by atoms with Gasteiger partial charge in [0.05, 0.1) is 5.75 Å². The van der Waals surface area contributed by atoms with Gasteiger partial charge in [0.25, 0.3) is 0 Å². The lowest BCUT2D eigenvalue weighted by atomic mass is 9.86. The van der Waals surface area contributed by atoms with Crippen molar-refractivity contribution in [1.82, 2.24) is 10.1 Å². The molecule has 0 bridgehead atoms. The highest BCUT2D eigenvalue weighted by Crippen LogP contribution is 2.31. The van der Waals surface area contributed by atoms with Gasteiger partial charge in [-0.15, -0.1) is 11.8 Å². The van der Waals surface area contributed by atoms with Crippen LogP contribution in [0.5, 0.6) is 0 Å². The number of rotatable bonds is 4. The predicted molar refractivity (Wildman–Crippen MR) is 79.4 cm³/mol. The Labute approximate surface area is 127 Å². The molecule has 0 amide bonds. The minimum atomic E-state index is -0.227. The molecule has 1 heterocycles. The zero-order valence-corrected chi connectivity index (χ0v) is 12.5. The number of nitrogens with zero attached hydrogens (tertiary/aromatic N) is 2. The Kier molecular flexibility index (Phi) is 4.55. The maximum absolute atomic E-state index is 12.8. The highest BCUT2D eigenvalue weighted by Gasteiger charge is 2.25. The molecule has 2 unspecified atom stereocenters. The number of hydrogen-bond acceptors (Lipinski definition) is 5. The second-order valence-corrected chi connectivity index (χ2v) is 6.46. The molecular weight excluding hydrogens is 289 g/mol. The average Bonchev–Trinajstić information content (AvgIpc) is 2.96. The molecule has 1 aromatic carbocycles. The fourth-order valence-electron chi connectivity index (χ4n) is 2.62. The fourth-order valence-corrected chi connectivity index (χ4v) is 3.36. The van der Waals surface area contributed by atoms with Gasteiger partial charge in [-0.2, -0.15) is 4.98 Å². The third-order valence-electron chi connectivity index (χ3n) is 3.73. The van der Waals surface area contributed by atoms with Crippen molar-refractivity contribution in [3.8, 4) is 0 Å². The van der Waals surface area contributed by atoms with Crippen LogP contribution >= 0.6 is 11.8 Å². The molecule has 0 saturated heterocycles. The standard InChI is InChI=1S/C15H18FN3OS/c16-11-4-6-13(7-5-11)21-9-14-18-15(20-19-14)10-2-1-3-12(17)8-10/h4-7,10,12H,1-3,8-9,17H2. The zero-order chi connectivity index (χ0) is 14.7. The minimum absolute atomic E-state index is 0.227. The maximum atomic E-state index is 12.8. The quantitative estimate of drug-likeness (QED) is 0.876. The van der Waals surface area contributed by atoms with E-state index in [-0.39, 0.29) is 11.9 Å². The molecule has 0 spiro atoms. The first kappa shape index (κ1) is 14.5. The van der Waals surface area contributed by atoms with Crippen molar-refractivity contribution >= 4 is 11.8 Å². The van der Waals surface area contributed by atoms with E-state index in [2.05, 4.69) is 10.1 Å². The van der Waals surface area contributed by atoms with Crippen LogP contribution in [0.25, 0.3) is 0 Å². The van der Waals surface area contributed by atoms with Gasteiger partial charge in [0, 0.05) is 16.9 Å². The van der Waals surface area contributed by atoms with Crippen molar-refractivity contribution in [1.29, 1.82) is 0 Å². The Bertz CT molecular complexity index is 587. The summed E-state index contributed by atoms with van der Waals surface area (Å²) in [7, 11) is 0. The molecule has 1 aromatic heterocycles. The van der Waals surface area contributed by atoms with Gasteiger partial charge in [-0.1, -0.05) is 11.6 Å². The Morgan fingerprint density at radius 1 is 1.29 bits per heavy atom. The van der Waals surface area contributed by atoms with E-state index in [4.69, 9.17) is 10.3 Å². The number of benzene rings is 1. The van der Waals surface area contributed by atoms with E-state index in [1.54, 1.807) is 23.9 Å². The Balaban J connectivity index is 1.58. The number of hydrogen-bond donors (Lipinski definition) is 1. The van der Waals surface area contributed by atoms with Crippen molar-refractivity contribution < 1.29 is 8.91 Å². The Hall–Kier alpha value is -1.40. The van der Waals surface area contributed by atoms with Crippen molar-refractivity contribution in [2.75, 3.05) is 0 Å². The first-order chi connectivity index (χ1) is 10.2. The molecule has 1 aliphatic rings. The minimum Gasteiger partial charge on any atom is -0.339 e. The zero-order valence-electron chi connectivity index (χ0n) is 11.7. The van der Waals surface area contributed by atoms with Crippen LogP contribution in [0.3, 0.4) is 0 Å². The second kappa shape index (κ2) is 6.58. The molecule has 1 fully saturated rings. The molecule has 6 heteroatoms. The highest BCUT2D eigenvalue weighted by molar-refractivity contribution is 7.98. The summed E-state index contributed by atoms with van der Waals surface area (Å²) in [6.45, 7) is 0. The SMILES string of the molecule is NC1CCCC(c2nc(CSc3ccc(F)cc3)no2)C1. The van der Waals surface area contributed by atoms with E-state index >= 15 is 0 Å². The largest absolute Gasteiger partial charge is 0.339 e. The number of halogens is 1. The summed E-state index contributed by atoms with van der Waals surface area (Å²) in [4.78, 5) is 5.46. The molecule has 112 valence electrons. The summed E-state index contributed by atoms with van der Waals surface area (Å²) in [6, 6.07) is 6.65. The topological polar surface area (TPSA) is 64.9 Å². The molecule has 0 aliphatic heterocycles. The summed E-state index contributed by atoms with van der Waals surface area (Å²) in [6.07, 6.45) is 4.19. The Morgan fingerprint density at radius 2 is 2.10 bits per heavy atom. The molecule has 2 N–H and O–H groups in total. The van der Waals surface area contributed by atoms with Gasteiger partial charge in [-0.25, -0.2) is 4.39 Å². The number of thioether (sulfide) groups is 1. The van der Waals surface area contributed by atoms with Crippen molar-refractivity contribution in [3.63, 3.8) is 0 Å². The van der Waals surface area contributed by atoms with Gasteiger partial charge in [-0.3, -0.25) is 0 Å². The highest BCUT2D eigenvalue weighted by atomic mass is 32.2. The van der Waals surface area contributed by atoms with Gasteiger partial charge in [0.15, 0.2) is 5.82 Å². The normalized spacial score (nSPS) is 22.4. The summed E-state index contributed by atoms with van der Waals surface area (Å²) in [5.41, 5.74) is 5.99. The third kappa shape index (κ3) is 3.83. The lowest BCUT2D eigenvalue weighted by Gasteiger charge is -2.23. The summed E-state index contributed by atoms with van der Waals surface area (Å²) in [5, 5.41) is 4.03. The fraction of sp³-hybridized carbons (Fsp3) is 0.467. The summed E-state index contributed by atoms with van der Waals surface area (Å²) in [5.74, 6) is 2.08. The summed E-state index contributed by atoms with van der Waals surface area (Å²) < 4.78 is 18.2. The van der Waals surface area contributed by atoms with E-state index in [0.29, 0.717) is 23.4 Å². The van der Waals surface area contributed by atoms with Crippen LogP contribution < -0.4 is 5.73 Å². The van der Waals surface area contributed by atoms with Gasteiger partial charge < -0.3 is 10.3 Å². The smallest absolute Gasteiger partial charge is 0.229 e. The molecule has 21 heavy (non-hydrogen) atoms.